The van der Waals surface area contributed by atoms with E-state index in [1.54, 1.807) is 5.29 Å². The van der Waals surface area contributed by atoms with Crippen LogP contribution in [0.5, 0.6) is 0 Å². The molecule has 0 bridgehead atoms. The molecule has 0 aromatic carbocycles. The van der Waals surface area contributed by atoms with Crippen molar-refractivity contribution in [1.82, 2.24) is 5.12 Å². The molecular weight excluding hydrogens is 134 g/mol. The smallest absolute Gasteiger partial charge is 0.460 e. The molecule has 0 heterocycles. The van der Waals surface area contributed by atoms with Crippen molar-refractivity contribution >= 4 is 6.09 Å². The van der Waals surface area contributed by atoms with Gasteiger partial charge in [-0.1, -0.05) is 0 Å². The fraction of sp³-hybridized carbons (Fsp3) is 0. The summed E-state index contributed by atoms with van der Waals surface area (Å²) >= 11 is 0. The van der Waals surface area contributed by atoms with Gasteiger partial charge in [-0.25, -0.2) is 4.79 Å². The largest absolute Gasteiger partial charge is 0.494 e. The molecule has 8 heteroatoms. The lowest BCUT2D eigenvalue weighted by Gasteiger charge is -1.94. The maximum Gasteiger partial charge on any atom is 0.494 e. The zero-order valence-electron chi connectivity index (χ0n) is 3.92. The van der Waals surface area contributed by atoms with Crippen LogP contribution in [-0.4, -0.2) is 21.3 Å². The number of carbonyl (C=O) groups is 1. The van der Waals surface area contributed by atoms with Gasteiger partial charge in [-0.05, 0) is 0 Å². The second-order valence-corrected chi connectivity index (χ2v) is 0.892. The molecule has 0 aromatic heterocycles. The van der Waals surface area contributed by atoms with Gasteiger partial charge in [-0.15, -0.1) is 0 Å². The lowest BCUT2D eigenvalue weighted by Crippen LogP contribution is -2.28. The molecule has 0 saturated heterocycles. The zero-order valence-corrected chi connectivity index (χ0v) is 3.92. The summed E-state index contributed by atoms with van der Waals surface area (Å²) in [5, 5.41) is 16.5. The second-order valence-electron chi connectivity index (χ2n) is 0.892. The van der Waals surface area contributed by atoms with Crippen LogP contribution in [0.3, 0.4) is 0 Å². The van der Waals surface area contributed by atoms with Gasteiger partial charge in [0.15, 0.2) is 5.12 Å². The standard InChI is InChI=1S/CHN3O5/c5-1(6)3(2-7)4(8)9/h(H,5,6). The molecule has 0 aliphatic heterocycles. The summed E-state index contributed by atoms with van der Waals surface area (Å²) in [6.45, 7) is 0. The van der Waals surface area contributed by atoms with Gasteiger partial charge < -0.3 is 15.2 Å². The number of hydrogen-bond acceptors (Lipinski definition) is 5. The molecule has 0 saturated carbocycles. The summed E-state index contributed by atoms with van der Waals surface area (Å²) in [5.74, 6) is 0. The Morgan fingerprint density at radius 2 is 2.22 bits per heavy atom. The van der Waals surface area contributed by atoms with Crippen LogP contribution in [0.4, 0.5) is 4.79 Å². The first-order valence-corrected chi connectivity index (χ1v) is 1.60. The third kappa shape index (κ3) is 1.67. The number of hydrazine groups is 1. The van der Waals surface area contributed by atoms with Crippen LogP contribution >= 0.6 is 0 Å². The number of nitrogens with zero attached hydrogens (tertiary/aromatic N) is 3. The highest BCUT2D eigenvalue weighted by atomic mass is 16.7. The van der Waals surface area contributed by atoms with Crippen molar-refractivity contribution < 1.29 is 14.9 Å². The van der Waals surface area contributed by atoms with Gasteiger partial charge in [0.25, 0.3) is 0 Å². The summed E-state index contributed by atoms with van der Waals surface area (Å²) in [6.07, 6.45) is -2.02. The maximum absolute atomic E-state index is 9.56. The van der Waals surface area contributed by atoms with Crippen LogP contribution in [0.1, 0.15) is 0 Å². The molecule has 0 aromatic rings. The quantitative estimate of drug-likeness (QED) is 0.321. The first-order valence-electron chi connectivity index (χ1n) is 1.60. The van der Waals surface area contributed by atoms with E-state index in [4.69, 9.17) is 5.11 Å². The predicted octanol–water partition coefficient (Wildman–Crippen LogP) is -0.161. The van der Waals surface area contributed by atoms with E-state index in [1.807, 2.05) is 0 Å². The highest BCUT2D eigenvalue weighted by molar-refractivity contribution is 5.62. The summed E-state index contributed by atoms with van der Waals surface area (Å²) < 4.78 is 0. The Bertz CT molecular complexity index is 138. The average molecular weight is 135 g/mol. The Morgan fingerprint density at radius 3 is 2.22 bits per heavy atom. The first-order chi connectivity index (χ1) is 4.09. The van der Waals surface area contributed by atoms with E-state index < -0.39 is 16.2 Å². The fourth-order valence-corrected chi connectivity index (χ4v) is 0.135. The Balaban J connectivity index is 4.16. The van der Waals surface area contributed by atoms with Crippen molar-refractivity contribution in [1.29, 1.82) is 0 Å². The van der Waals surface area contributed by atoms with Crippen molar-refractivity contribution in [3.8, 4) is 0 Å². The van der Waals surface area contributed by atoms with Crippen LogP contribution in [-0.2, 0) is 0 Å². The summed E-state index contributed by atoms with van der Waals surface area (Å²) in [5.41, 5.74) is 0. The highest BCUT2D eigenvalue weighted by Crippen LogP contribution is 1.87. The molecule has 1 amide bonds. The minimum Gasteiger partial charge on any atom is -0.460 e. The first kappa shape index (κ1) is 7.27. The topological polar surface area (TPSA) is 113 Å². The van der Waals surface area contributed by atoms with Gasteiger partial charge in [-0.3, -0.25) is 0 Å². The molecule has 8 nitrogen and oxygen atoms in total. The minimum atomic E-state index is -2.02. The molecule has 0 aliphatic carbocycles. The molecule has 50 valence electrons. The Hall–Kier alpha value is -1.73. The van der Waals surface area contributed by atoms with Gasteiger partial charge >= 0.3 is 11.4 Å². The van der Waals surface area contributed by atoms with E-state index in [1.165, 1.54) is 0 Å². The minimum absolute atomic E-state index is 0.833. The third-order valence-electron chi connectivity index (χ3n) is 0.403. The van der Waals surface area contributed by atoms with Crippen LogP contribution in [0.2, 0.25) is 0 Å². The normalized spacial score (nSPS) is 8.00. The molecule has 0 fully saturated rings. The molecular formula is CHN3O5. The van der Waals surface area contributed by atoms with Gasteiger partial charge in [0.05, 0.1) is 5.03 Å². The Kier molecular flexibility index (Phi) is 2.06. The van der Waals surface area contributed by atoms with Crippen molar-refractivity contribution in [2.45, 2.75) is 0 Å². The van der Waals surface area contributed by atoms with Gasteiger partial charge in [0.2, 0.25) is 0 Å². The second kappa shape index (κ2) is 2.55. The molecule has 1 N–H and O–H groups in total. The summed E-state index contributed by atoms with van der Waals surface area (Å²) in [6, 6.07) is 0. The SMILES string of the molecule is O=NN(C(=O)O)[N+](=O)[O-]. The van der Waals surface area contributed by atoms with Gasteiger partial charge in [0, 0.05) is 4.91 Å². The maximum atomic E-state index is 9.56. The van der Waals surface area contributed by atoms with E-state index in [9.17, 15) is 19.8 Å². The summed E-state index contributed by atoms with van der Waals surface area (Å²) in [4.78, 5) is 28.2. The lowest BCUT2D eigenvalue weighted by molar-refractivity contribution is -0.637. The van der Waals surface area contributed by atoms with Crippen LogP contribution < -0.4 is 0 Å². The van der Waals surface area contributed by atoms with Crippen molar-refractivity contribution in [2.24, 2.45) is 5.29 Å². The molecule has 0 aliphatic rings. The molecule has 9 heavy (non-hydrogen) atoms. The number of nitroso groups, excluding NO2 is 1. The number of amides is 1. The van der Waals surface area contributed by atoms with E-state index >= 15 is 0 Å². The monoisotopic (exact) mass is 135 g/mol. The average Bonchev–Trinajstić information content (AvgIpc) is 1.64. The zero-order chi connectivity index (χ0) is 7.44. The number of hydrogen-bond donors (Lipinski definition) is 1. The number of rotatable bonds is 2. The summed E-state index contributed by atoms with van der Waals surface area (Å²) in [7, 11) is 0. The van der Waals surface area contributed by atoms with E-state index in [0.29, 0.717) is 0 Å². The molecule has 0 atom stereocenters. The molecule has 0 spiro atoms. The van der Waals surface area contributed by atoms with Crippen LogP contribution in [0.25, 0.3) is 0 Å². The third-order valence-corrected chi connectivity index (χ3v) is 0.403. The van der Waals surface area contributed by atoms with E-state index in [2.05, 4.69) is 0 Å². The van der Waals surface area contributed by atoms with Crippen LogP contribution in [0.15, 0.2) is 5.29 Å². The van der Waals surface area contributed by atoms with Crippen molar-refractivity contribution in [3.05, 3.63) is 15.0 Å². The number of nitro groups is 1. The van der Waals surface area contributed by atoms with Crippen molar-refractivity contribution in [3.63, 3.8) is 0 Å². The highest BCUT2D eigenvalue weighted by Gasteiger charge is 2.24. The van der Waals surface area contributed by atoms with E-state index in [0.717, 1.165) is 0 Å². The lowest BCUT2D eigenvalue weighted by atomic mass is 11.2. The predicted molar refractivity (Wildman–Crippen MR) is 22.7 cm³/mol. The molecule has 0 unspecified atom stereocenters. The van der Waals surface area contributed by atoms with Gasteiger partial charge in [-0.2, -0.15) is 0 Å². The Labute approximate surface area is 47.7 Å². The molecule has 0 rings (SSSR count). The fourth-order valence-electron chi connectivity index (χ4n) is 0.135. The van der Waals surface area contributed by atoms with E-state index in [-0.39, 0.29) is 0 Å². The van der Waals surface area contributed by atoms with Crippen LogP contribution in [0, 0.1) is 15.0 Å². The van der Waals surface area contributed by atoms with Crippen molar-refractivity contribution in [2.75, 3.05) is 0 Å². The Morgan fingerprint density at radius 1 is 1.78 bits per heavy atom. The van der Waals surface area contributed by atoms with Gasteiger partial charge in [0.1, 0.15) is 0 Å². The molecule has 0 radical (unpaired) electrons. The number of carboxylic acid groups (broad SMARTS) is 1.